The molecule has 1 amide bonds. The first-order valence-corrected chi connectivity index (χ1v) is 7.92. The highest BCUT2D eigenvalue weighted by atomic mass is 16.2. The van der Waals surface area contributed by atoms with E-state index in [0.717, 1.165) is 17.6 Å². The minimum absolute atomic E-state index is 0.00776. The average molecular weight is 336 g/mol. The number of amides is 1. The molecular formula is C18H20N6O. The molecule has 1 aliphatic rings. The molecule has 6 N–H and O–H groups in total. The summed E-state index contributed by atoms with van der Waals surface area (Å²) >= 11 is 0. The van der Waals surface area contributed by atoms with Gasteiger partial charge in [0.05, 0.1) is 17.4 Å². The molecule has 7 heteroatoms. The number of rotatable bonds is 4. The summed E-state index contributed by atoms with van der Waals surface area (Å²) in [7, 11) is 0. The number of benzene rings is 1. The number of nitrogens with two attached hydrogens (primary N) is 2. The maximum absolute atomic E-state index is 12.4. The van der Waals surface area contributed by atoms with Crippen LogP contribution in [-0.2, 0) is 0 Å². The van der Waals surface area contributed by atoms with Crippen LogP contribution in [0.3, 0.4) is 0 Å². The zero-order valence-electron chi connectivity index (χ0n) is 13.9. The van der Waals surface area contributed by atoms with E-state index in [1.165, 1.54) is 0 Å². The van der Waals surface area contributed by atoms with E-state index in [1.54, 1.807) is 18.2 Å². The van der Waals surface area contributed by atoms with Crippen LogP contribution >= 0.6 is 0 Å². The number of aromatic amines is 1. The van der Waals surface area contributed by atoms with Crippen molar-refractivity contribution in [3.05, 3.63) is 59.8 Å². The lowest BCUT2D eigenvalue weighted by molar-refractivity contribution is 0.0937. The Kier molecular flexibility index (Phi) is 4.65. The number of H-pyrrole nitrogens is 1. The zero-order valence-corrected chi connectivity index (χ0v) is 13.9. The van der Waals surface area contributed by atoms with E-state index >= 15 is 0 Å². The van der Waals surface area contributed by atoms with E-state index in [2.05, 4.69) is 20.5 Å². The second kappa shape index (κ2) is 7.04. The van der Waals surface area contributed by atoms with Crippen LogP contribution in [0.2, 0.25) is 0 Å². The fourth-order valence-corrected chi connectivity index (χ4v) is 2.59. The first-order chi connectivity index (χ1) is 12.0. The molecule has 1 aliphatic carbocycles. The molecule has 2 aromatic rings. The number of hydrogen-bond donors (Lipinski definition) is 4. The zero-order chi connectivity index (χ0) is 17.8. The van der Waals surface area contributed by atoms with Gasteiger partial charge in [-0.3, -0.25) is 9.89 Å². The molecule has 0 saturated carbocycles. The third-order valence-electron chi connectivity index (χ3n) is 3.97. The van der Waals surface area contributed by atoms with Crippen LogP contribution in [-0.4, -0.2) is 28.1 Å². The monoisotopic (exact) mass is 336 g/mol. The van der Waals surface area contributed by atoms with E-state index < -0.39 is 0 Å². The lowest BCUT2D eigenvalue weighted by Crippen LogP contribution is -2.36. The molecule has 0 bridgehead atoms. The first-order valence-electron chi connectivity index (χ1n) is 7.92. The van der Waals surface area contributed by atoms with Gasteiger partial charge in [0.1, 0.15) is 5.69 Å². The van der Waals surface area contributed by atoms with Gasteiger partial charge in [-0.2, -0.15) is 5.10 Å². The average Bonchev–Trinajstić information content (AvgIpc) is 3.07. The van der Waals surface area contributed by atoms with E-state index in [9.17, 15) is 4.79 Å². The highest BCUT2D eigenvalue weighted by Gasteiger charge is 2.17. The second-order valence-electron chi connectivity index (χ2n) is 5.85. The van der Waals surface area contributed by atoms with Gasteiger partial charge >= 0.3 is 0 Å². The molecule has 0 aliphatic heterocycles. The lowest BCUT2D eigenvalue weighted by atomic mass is 10.0. The molecule has 1 aromatic carbocycles. The van der Waals surface area contributed by atoms with Crippen molar-refractivity contribution in [1.82, 2.24) is 15.5 Å². The van der Waals surface area contributed by atoms with Crippen molar-refractivity contribution in [3.8, 4) is 11.3 Å². The van der Waals surface area contributed by atoms with Crippen molar-refractivity contribution in [1.29, 1.82) is 0 Å². The molecule has 1 aromatic heterocycles. The molecule has 0 saturated heterocycles. The van der Waals surface area contributed by atoms with E-state index in [-0.39, 0.29) is 17.9 Å². The van der Waals surface area contributed by atoms with Crippen molar-refractivity contribution >= 4 is 17.6 Å². The fraction of sp³-hybridized carbons (Fsp3) is 0.167. The summed E-state index contributed by atoms with van der Waals surface area (Å²) in [6, 6.07) is 9.00. The lowest BCUT2D eigenvalue weighted by Gasteiger charge is -2.19. The number of aromatic nitrogens is 2. The molecule has 25 heavy (non-hydrogen) atoms. The van der Waals surface area contributed by atoms with Gasteiger partial charge in [0.15, 0.2) is 5.96 Å². The summed E-state index contributed by atoms with van der Waals surface area (Å²) in [6.45, 7) is 2.00. The molecule has 128 valence electrons. The fourth-order valence-electron chi connectivity index (χ4n) is 2.59. The Labute approximate surface area is 145 Å². The summed E-state index contributed by atoms with van der Waals surface area (Å²) in [6.07, 6.45) is 6.83. The number of nitrogens with zero attached hydrogens (tertiary/aromatic N) is 2. The van der Waals surface area contributed by atoms with Crippen LogP contribution < -0.4 is 16.8 Å². The molecule has 0 spiro atoms. The van der Waals surface area contributed by atoms with Gasteiger partial charge in [0.25, 0.3) is 5.91 Å². The Morgan fingerprint density at radius 3 is 2.76 bits per heavy atom. The molecule has 3 rings (SSSR count). The number of aliphatic imine (C=N–C) groups is 1. The SMILES string of the molecule is CC1=CC=CCC1NC(=O)c1cc(-c2ccc(N=C(N)N)cc2)n[nH]1. The molecule has 0 radical (unpaired) electrons. The minimum atomic E-state index is -0.177. The van der Waals surface area contributed by atoms with Crippen LogP contribution in [0.5, 0.6) is 0 Å². The van der Waals surface area contributed by atoms with Gasteiger partial charge in [-0.05, 0) is 31.5 Å². The summed E-state index contributed by atoms with van der Waals surface area (Å²) in [5.41, 5.74) is 14.5. The van der Waals surface area contributed by atoms with Gasteiger partial charge < -0.3 is 16.8 Å². The maximum Gasteiger partial charge on any atom is 0.269 e. The number of hydrogen-bond acceptors (Lipinski definition) is 3. The summed E-state index contributed by atoms with van der Waals surface area (Å²) < 4.78 is 0. The van der Waals surface area contributed by atoms with E-state index in [1.807, 2.05) is 37.3 Å². The predicted octanol–water partition coefficient (Wildman–Crippen LogP) is 1.99. The summed E-state index contributed by atoms with van der Waals surface area (Å²) in [5, 5.41) is 10.0. The molecule has 1 heterocycles. The van der Waals surface area contributed by atoms with Crippen molar-refractivity contribution in [2.24, 2.45) is 16.5 Å². The molecule has 1 atom stereocenters. The number of allylic oxidation sites excluding steroid dienone is 2. The molecular weight excluding hydrogens is 316 g/mol. The number of carbonyl (C=O) groups is 1. The Bertz CT molecular complexity index is 856. The third-order valence-corrected chi connectivity index (χ3v) is 3.97. The van der Waals surface area contributed by atoms with Gasteiger partial charge in [-0.1, -0.05) is 35.9 Å². The Hall–Kier alpha value is -3.35. The highest BCUT2D eigenvalue weighted by molar-refractivity contribution is 5.93. The van der Waals surface area contributed by atoms with Crippen LogP contribution in [0.15, 0.2) is 59.1 Å². The van der Waals surface area contributed by atoms with Crippen LogP contribution in [0.4, 0.5) is 5.69 Å². The smallest absolute Gasteiger partial charge is 0.269 e. The number of carbonyl (C=O) groups excluding carboxylic acids is 1. The quantitative estimate of drug-likeness (QED) is 0.503. The normalized spacial score (nSPS) is 16.2. The maximum atomic E-state index is 12.4. The number of nitrogens with one attached hydrogen (secondary N) is 2. The van der Waals surface area contributed by atoms with E-state index in [4.69, 9.17) is 11.5 Å². The predicted molar refractivity (Wildman–Crippen MR) is 98.3 cm³/mol. The largest absolute Gasteiger partial charge is 0.370 e. The standard InChI is InChI=1S/C18H20N6O/c1-11-4-2-3-5-14(11)22-17(25)16-10-15(23-24-16)12-6-8-13(9-7-12)21-18(19)20/h2-4,6-10,14H,5H2,1H3,(H,22,25)(H,23,24)(H4,19,20,21). The minimum Gasteiger partial charge on any atom is -0.370 e. The third kappa shape index (κ3) is 3.95. The van der Waals surface area contributed by atoms with Crippen molar-refractivity contribution in [2.45, 2.75) is 19.4 Å². The Balaban J connectivity index is 1.71. The Morgan fingerprint density at radius 1 is 1.32 bits per heavy atom. The van der Waals surface area contributed by atoms with E-state index in [0.29, 0.717) is 17.1 Å². The van der Waals surface area contributed by atoms with Crippen molar-refractivity contribution in [3.63, 3.8) is 0 Å². The van der Waals surface area contributed by atoms with Gasteiger partial charge in [0, 0.05) is 5.56 Å². The molecule has 0 fully saturated rings. The first kappa shape index (κ1) is 16.5. The van der Waals surface area contributed by atoms with Crippen LogP contribution in [0, 0.1) is 0 Å². The second-order valence-corrected chi connectivity index (χ2v) is 5.85. The summed E-state index contributed by atoms with van der Waals surface area (Å²) in [4.78, 5) is 16.4. The van der Waals surface area contributed by atoms with Crippen LogP contribution in [0.25, 0.3) is 11.3 Å². The molecule has 7 nitrogen and oxygen atoms in total. The van der Waals surface area contributed by atoms with Crippen molar-refractivity contribution < 1.29 is 4.79 Å². The van der Waals surface area contributed by atoms with Gasteiger partial charge in [0.2, 0.25) is 0 Å². The highest BCUT2D eigenvalue weighted by Crippen LogP contribution is 2.22. The molecule has 1 unspecified atom stereocenters. The van der Waals surface area contributed by atoms with Crippen molar-refractivity contribution in [2.75, 3.05) is 0 Å². The Morgan fingerprint density at radius 2 is 2.08 bits per heavy atom. The number of guanidine groups is 1. The topological polar surface area (TPSA) is 122 Å². The van der Waals surface area contributed by atoms with Gasteiger partial charge in [-0.15, -0.1) is 0 Å². The summed E-state index contributed by atoms with van der Waals surface area (Å²) in [5.74, 6) is -0.169. The van der Waals surface area contributed by atoms with Gasteiger partial charge in [-0.25, -0.2) is 4.99 Å². The van der Waals surface area contributed by atoms with Crippen LogP contribution in [0.1, 0.15) is 23.8 Å².